The first-order valence-electron chi connectivity index (χ1n) is 9.10. The summed E-state index contributed by atoms with van der Waals surface area (Å²) in [6.45, 7) is 8.32. The van der Waals surface area contributed by atoms with Crippen LogP contribution in [-0.2, 0) is 17.6 Å². The Labute approximate surface area is 159 Å². The smallest absolute Gasteiger partial charge is 0.264 e. The maximum absolute atomic E-state index is 13.0. The van der Waals surface area contributed by atoms with E-state index >= 15 is 0 Å². The van der Waals surface area contributed by atoms with Crippen LogP contribution in [0.25, 0.3) is 10.4 Å². The van der Waals surface area contributed by atoms with Crippen LogP contribution in [0.2, 0.25) is 0 Å². The second-order valence-corrected chi connectivity index (χ2v) is 8.79. The van der Waals surface area contributed by atoms with Crippen molar-refractivity contribution in [1.29, 1.82) is 0 Å². The van der Waals surface area contributed by atoms with Gasteiger partial charge in [-0.15, -0.1) is 11.3 Å². The molecule has 0 saturated carbocycles. The van der Waals surface area contributed by atoms with Gasteiger partial charge in [-0.05, 0) is 63.3 Å². The van der Waals surface area contributed by atoms with Crippen LogP contribution in [0.5, 0.6) is 0 Å². The predicted octanol–water partition coefficient (Wildman–Crippen LogP) is 3.89. The maximum atomic E-state index is 13.0. The lowest BCUT2D eigenvalue weighted by Gasteiger charge is -2.24. The summed E-state index contributed by atoms with van der Waals surface area (Å²) in [5.41, 5.74) is 3.53. The van der Waals surface area contributed by atoms with Crippen LogP contribution in [0.1, 0.15) is 48.5 Å². The van der Waals surface area contributed by atoms with Gasteiger partial charge in [0.25, 0.3) is 5.91 Å². The van der Waals surface area contributed by atoms with Gasteiger partial charge in [-0.1, -0.05) is 24.3 Å². The third-order valence-corrected chi connectivity index (χ3v) is 5.66. The quantitative estimate of drug-likeness (QED) is 0.888. The lowest BCUT2D eigenvalue weighted by atomic mass is 9.91. The van der Waals surface area contributed by atoms with Gasteiger partial charge < -0.3 is 10.2 Å². The zero-order valence-corrected chi connectivity index (χ0v) is 16.7. The number of carbonyl (C=O) groups is 2. The van der Waals surface area contributed by atoms with Crippen LogP contribution < -0.4 is 5.32 Å². The molecule has 1 aromatic carbocycles. The van der Waals surface area contributed by atoms with Crippen LogP contribution in [0.15, 0.2) is 30.3 Å². The average Bonchev–Trinajstić information content (AvgIpc) is 3.02. The number of fused-ring (bicyclic) bond motifs is 3. The Bertz CT molecular complexity index is 833. The highest BCUT2D eigenvalue weighted by molar-refractivity contribution is 7.17. The normalized spacial score (nSPS) is 12.9. The molecule has 0 fully saturated rings. The van der Waals surface area contributed by atoms with Crippen LogP contribution in [0.4, 0.5) is 0 Å². The first-order chi connectivity index (χ1) is 12.3. The summed E-state index contributed by atoms with van der Waals surface area (Å²) in [6.07, 6.45) is 1.98. The Hall–Kier alpha value is -2.14. The molecular weight excluding hydrogens is 344 g/mol. The van der Waals surface area contributed by atoms with E-state index in [1.54, 1.807) is 16.2 Å². The number of nitrogens with one attached hydrogen (secondary N) is 1. The number of benzene rings is 1. The first kappa shape index (κ1) is 18.6. The molecule has 0 radical (unpaired) electrons. The van der Waals surface area contributed by atoms with Crippen molar-refractivity contribution in [1.82, 2.24) is 10.2 Å². The first-order valence-corrected chi connectivity index (χ1v) is 9.91. The Morgan fingerprint density at radius 1 is 1.15 bits per heavy atom. The van der Waals surface area contributed by atoms with Crippen molar-refractivity contribution in [2.75, 3.05) is 13.1 Å². The summed E-state index contributed by atoms with van der Waals surface area (Å²) in [6, 6.07) is 10.4. The number of rotatable bonds is 4. The van der Waals surface area contributed by atoms with Gasteiger partial charge in [0.1, 0.15) is 0 Å². The Morgan fingerprint density at radius 3 is 2.54 bits per heavy atom. The minimum atomic E-state index is -0.300. The third-order valence-electron chi connectivity index (χ3n) is 4.46. The van der Waals surface area contributed by atoms with Crippen molar-refractivity contribution >= 4 is 23.2 Å². The molecule has 26 heavy (non-hydrogen) atoms. The van der Waals surface area contributed by atoms with Crippen LogP contribution >= 0.6 is 11.3 Å². The molecule has 2 aromatic rings. The molecule has 1 heterocycles. The van der Waals surface area contributed by atoms with Gasteiger partial charge in [-0.2, -0.15) is 0 Å². The monoisotopic (exact) mass is 370 g/mol. The molecule has 138 valence electrons. The lowest BCUT2D eigenvalue weighted by Crippen LogP contribution is -2.47. The Kier molecular flexibility index (Phi) is 5.19. The highest BCUT2D eigenvalue weighted by Gasteiger charge is 2.25. The zero-order valence-electron chi connectivity index (χ0n) is 15.9. The highest BCUT2D eigenvalue weighted by atomic mass is 32.1. The van der Waals surface area contributed by atoms with E-state index in [0.717, 1.165) is 17.7 Å². The van der Waals surface area contributed by atoms with Gasteiger partial charge in [0.2, 0.25) is 5.91 Å². The molecule has 5 heteroatoms. The second-order valence-electron chi connectivity index (χ2n) is 7.74. The molecule has 0 atom stereocenters. The van der Waals surface area contributed by atoms with Crippen LogP contribution in [0.3, 0.4) is 0 Å². The van der Waals surface area contributed by atoms with Gasteiger partial charge in [0.05, 0.1) is 11.4 Å². The van der Waals surface area contributed by atoms with E-state index in [-0.39, 0.29) is 23.9 Å². The number of hydrogen-bond acceptors (Lipinski definition) is 3. The zero-order chi connectivity index (χ0) is 18.9. The average molecular weight is 371 g/mol. The van der Waals surface area contributed by atoms with Crippen molar-refractivity contribution < 1.29 is 9.59 Å². The number of nitrogens with zero attached hydrogens (tertiary/aromatic N) is 1. The molecule has 1 aromatic heterocycles. The number of amides is 2. The van der Waals surface area contributed by atoms with E-state index in [2.05, 4.69) is 23.5 Å². The summed E-state index contributed by atoms with van der Waals surface area (Å²) in [4.78, 5) is 28.7. The largest absolute Gasteiger partial charge is 0.350 e. The molecule has 2 amide bonds. The van der Waals surface area contributed by atoms with E-state index in [4.69, 9.17) is 0 Å². The SMILES string of the molecule is CCN(CC(=O)NC(C)(C)C)C(=O)c1cc2c(s1)-c1ccccc1CC2. The third kappa shape index (κ3) is 3.98. The number of thiophene rings is 1. The van der Waals surface area contributed by atoms with Gasteiger partial charge >= 0.3 is 0 Å². The number of hydrogen-bond donors (Lipinski definition) is 1. The molecule has 0 aliphatic heterocycles. The maximum Gasteiger partial charge on any atom is 0.264 e. The second kappa shape index (κ2) is 7.23. The Balaban J connectivity index is 1.80. The minimum Gasteiger partial charge on any atom is -0.350 e. The summed E-state index contributed by atoms with van der Waals surface area (Å²) in [5.74, 6) is -0.187. The lowest BCUT2D eigenvalue weighted by molar-refractivity contribution is -0.123. The molecule has 1 aliphatic carbocycles. The molecule has 3 rings (SSSR count). The molecular formula is C21H26N2O2S. The van der Waals surface area contributed by atoms with Gasteiger partial charge in [-0.3, -0.25) is 9.59 Å². The molecule has 4 nitrogen and oxygen atoms in total. The fraction of sp³-hybridized carbons (Fsp3) is 0.429. The fourth-order valence-electron chi connectivity index (χ4n) is 3.29. The van der Waals surface area contributed by atoms with E-state index in [1.165, 1.54) is 21.6 Å². The van der Waals surface area contributed by atoms with E-state index in [9.17, 15) is 9.59 Å². The van der Waals surface area contributed by atoms with Crippen LogP contribution in [-0.4, -0.2) is 35.3 Å². The molecule has 0 spiro atoms. The molecule has 0 bridgehead atoms. The predicted molar refractivity (Wildman–Crippen MR) is 107 cm³/mol. The molecule has 1 aliphatic rings. The van der Waals surface area contributed by atoms with Crippen molar-refractivity contribution in [2.45, 2.75) is 46.1 Å². The summed E-state index contributed by atoms with van der Waals surface area (Å²) >= 11 is 1.55. The van der Waals surface area contributed by atoms with E-state index in [0.29, 0.717) is 6.54 Å². The number of carbonyl (C=O) groups excluding carboxylic acids is 2. The number of aryl methyl sites for hydroxylation is 2. The van der Waals surface area contributed by atoms with Crippen molar-refractivity contribution in [3.8, 4) is 10.4 Å². The van der Waals surface area contributed by atoms with E-state index in [1.807, 2.05) is 39.8 Å². The number of likely N-dealkylation sites (N-methyl/N-ethyl adjacent to an activating group) is 1. The minimum absolute atomic E-state index is 0.0616. The molecule has 1 N–H and O–H groups in total. The summed E-state index contributed by atoms with van der Waals surface area (Å²) in [7, 11) is 0. The van der Waals surface area contributed by atoms with Crippen molar-refractivity contribution in [2.24, 2.45) is 0 Å². The fourth-order valence-corrected chi connectivity index (χ4v) is 4.53. The van der Waals surface area contributed by atoms with Crippen molar-refractivity contribution in [3.63, 3.8) is 0 Å². The standard InChI is InChI=1S/C21H26N2O2S/c1-5-23(13-18(24)22-21(2,3)4)20(25)17-12-15-11-10-14-8-6-7-9-16(14)19(15)26-17/h6-9,12H,5,10-11,13H2,1-4H3,(H,22,24). The van der Waals surface area contributed by atoms with Gasteiger partial charge in [0, 0.05) is 17.0 Å². The molecule has 0 saturated heterocycles. The summed E-state index contributed by atoms with van der Waals surface area (Å²) in [5, 5.41) is 2.92. The van der Waals surface area contributed by atoms with Gasteiger partial charge in [0.15, 0.2) is 0 Å². The topological polar surface area (TPSA) is 49.4 Å². The summed E-state index contributed by atoms with van der Waals surface area (Å²) < 4.78 is 0. The Morgan fingerprint density at radius 2 is 1.85 bits per heavy atom. The van der Waals surface area contributed by atoms with Crippen LogP contribution in [0, 0.1) is 0 Å². The highest BCUT2D eigenvalue weighted by Crippen LogP contribution is 2.39. The van der Waals surface area contributed by atoms with E-state index < -0.39 is 0 Å². The van der Waals surface area contributed by atoms with Gasteiger partial charge in [-0.25, -0.2) is 0 Å². The molecule has 0 unspecified atom stereocenters. The van der Waals surface area contributed by atoms with Crippen molar-refractivity contribution in [3.05, 3.63) is 46.3 Å².